The summed E-state index contributed by atoms with van der Waals surface area (Å²) in [6.07, 6.45) is 0.204. The molecule has 19 heavy (non-hydrogen) atoms. The zero-order valence-electron chi connectivity index (χ0n) is 12.8. The van der Waals surface area contributed by atoms with Gasteiger partial charge in [-0.05, 0) is 30.6 Å². The molecule has 0 fully saturated rings. The average Bonchev–Trinajstić information content (AvgIpc) is 2.46. The Morgan fingerprint density at radius 2 is 1.58 bits per heavy atom. The van der Waals surface area contributed by atoms with Gasteiger partial charge in [0.15, 0.2) is 8.32 Å². The van der Waals surface area contributed by atoms with Crippen LogP contribution in [0.4, 0.5) is 0 Å². The lowest BCUT2D eigenvalue weighted by molar-refractivity contribution is 0.0441. The Balaban J connectivity index is 2.33. The number of rotatable bonds is 9. The molecule has 0 aromatic heterocycles. The topological polar surface area (TPSA) is 18.5 Å². The minimum absolute atomic E-state index is 0.204. The van der Waals surface area contributed by atoms with Crippen LogP contribution in [0.15, 0.2) is 30.3 Å². The molecule has 1 aromatic carbocycles. The fourth-order valence-electron chi connectivity index (χ4n) is 2.38. The Morgan fingerprint density at radius 1 is 1.00 bits per heavy atom. The SMILES string of the molecule is CC[Si](CC)(CC)OC(C)COCc1ccccc1. The molecule has 0 saturated carbocycles. The first kappa shape index (κ1) is 16.4. The fourth-order valence-corrected chi connectivity index (χ4v) is 5.30. The summed E-state index contributed by atoms with van der Waals surface area (Å²) in [5.41, 5.74) is 1.22. The van der Waals surface area contributed by atoms with Crippen LogP contribution in [0, 0.1) is 0 Å². The van der Waals surface area contributed by atoms with E-state index in [1.807, 2.05) is 18.2 Å². The molecular formula is C16H28O2Si. The summed E-state index contributed by atoms with van der Waals surface area (Å²) in [6.45, 7) is 10.3. The van der Waals surface area contributed by atoms with Crippen LogP contribution in [0.1, 0.15) is 33.3 Å². The van der Waals surface area contributed by atoms with Gasteiger partial charge in [-0.25, -0.2) is 0 Å². The fraction of sp³-hybridized carbons (Fsp3) is 0.625. The summed E-state index contributed by atoms with van der Waals surface area (Å²) in [7, 11) is -1.49. The highest BCUT2D eigenvalue weighted by Crippen LogP contribution is 2.23. The number of benzene rings is 1. The number of hydrogen-bond donors (Lipinski definition) is 0. The minimum atomic E-state index is -1.49. The molecule has 1 aromatic rings. The zero-order chi connectivity index (χ0) is 14.1. The van der Waals surface area contributed by atoms with Gasteiger partial charge in [0.2, 0.25) is 0 Å². The second-order valence-electron chi connectivity index (χ2n) is 5.17. The summed E-state index contributed by atoms with van der Waals surface area (Å²) in [4.78, 5) is 0. The molecule has 0 saturated heterocycles. The van der Waals surface area contributed by atoms with Gasteiger partial charge in [-0.2, -0.15) is 0 Å². The van der Waals surface area contributed by atoms with Crippen molar-refractivity contribution in [3.8, 4) is 0 Å². The Bertz CT molecular complexity index is 328. The second-order valence-corrected chi connectivity index (χ2v) is 9.90. The normalized spacial score (nSPS) is 13.5. The molecule has 1 unspecified atom stereocenters. The van der Waals surface area contributed by atoms with Crippen LogP contribution in [0.3, 0.4) is 0 Å². The van der Waals surface area contributed by atoms with Gasteiger partial charge in [-0.1, -0.05) is 51.1 Å². The van der Waals surface area contributed by atoms with Gasteiger partial charge in [-0.15, -0.1) is 0 Å². The van der Waals surface area contributed by atoms with E-state index in [2.05, 4.69) is 39.8 Å². The third-order valence-corrected chi connectivity index (χ3v) is 8.62. The molecule has 0 spiro atoms. The monoisotopic (exact) mass is 280 g/mol. The van der Waals surface area contributed by atoms with Crippen molar-refractivity contribution in [2.75, 3.05) is 6.61 Å². The molecule has 108 valence electrons. The molecule has 0 bridgehead atoms. The Labute approximate surface area is 119 Å². The van der Waals surface area contributed by atoms with Crippen LogP contribution >= 0.6 is 0 Å². The van der Waals surface area contributed by atoms with Crippen molar-refractivity contribution in [1.29, 1.82) is 0 Å². The summed E-state index contributed by atoms with van der Waals surface area (Å²) >= 11 is 0. The van der Waals surface area contributed by atoms with Gasteiger partial charge >= 0.3 is 0 Å². The molecule has 3 heteroatoms. The quantitative estimate of drug-likeness (QED) is 0.615. The molecule has 1 atom stereocenters. The van der Waals surface area contributed by atoms with Crippen molar-refractivity contribution >= 4 is 8.32 Å². The summed E-state index contributed by atoms with van der Waals surface area (Å²) in [6, 6.07) is 13.9. The van der Waals surface area contributed by atoms with Crippen LogP contribution in [0.2, 0.25) is 18.1 Å². The third-order valence-electron chi connectivity index (χ3n) is 3.85. The van der Waals surface area contributed by atoms with Gasteiger partial charge in [0.05, 0.1) is 19.3 Å². The predicted octanol–water partition coefficient (Wildman–Crippen LogP) is 4.61. The average molecular weight is 280 g/mol. The van der Waals surface area contributed by atoms with Gasteiger partial charge < -0.3 is 9.16 Å². The highest BCUT2D eigenvalue weighted by atomic mass is 28.4. The molecule has 1 rings (SSSR count). The Hall–Kier alpha value is -0.643. The first-order valence-electron chi connectivity index (χ1n) is 7.45. The van der Waals surface area contributed by atoms with Crippen molar-refractivity contribution in [3.63, 3.8) is 0 Å². The first-order chi connectivity index (χ1) is 9.15. The van der Waals surface area contributed by atoms with Crippen molar-refractivity contribution < 1.29 is 9.16 Å². The van der Waals surface area contributed by atoms with Gasteiger partial charge in [0.25, 0.3) is 0 Å². The Morgan fingerprint density at radius 3 is 2.11 bits per heavy atom. The second kappa shape index (κ2) is 8.51. The van der Waals surface area contributed by atoms with Crippen LogP contribution in [-0.4, -0.2) is 21.0 Å². The van der Waals surface area contributed by atoms with E-state index in [4.69, 9.17) is 9.16 Å². The smallest absolute Gasteiger partial charge is 0.192 e. The van der Waals surface area contributed by atoms with Crippen molar-refractivity contribution in [1.82, 2.24) is 0 Å². The molecule has 0 aliphatic rings. The minimum Gasteiger partial charge on any atom is -0.412 e. The van der Waals surface area contributed by atoms with E-state index >= 15 is 0 Å². The lowest BCUT2D eigenvalue weighted by Gasteiger charge is -2.31. The van der Waals surface area contributed by atoms with E-state index in [0.717, 1.165) is 0 Å². The van der Waals surface area contributed by atoms with Crippen LogP contribution in [-0.2, 0) is 15.8 Å². The molecule has 0 aliphatic heterocycles. The van der Waals surface area contributed by atoms with Crippen LogP contribution in [0.5, 0.6) is 0 Å². The maximum absolute atomic E-state index is 6.34. The summed E-state index contributed by atoms with van der Waals surface area (Å²) in [5.74, 6) is 0. The predicted molar refractivity (Wildman–Crippen MR) is 83.8 cm³/mol. The lowest BCUT2D eigenvalue weighted by Crippen LogP contribution is -2.40. The van der Waals surface area contributed by atoms with Gasteiger partial charge in [0, 0.05) is 0 Å². The number of ether oxygens (including phenoxy) is 1. The van der Waals surface area contributed by atoms with E-state index in [0.29, 0.717) is 13.2 Å². The highest BCUT2D eigenvalue weighted by Gasteiger charge is 2.30. The molecule has 0 N–H and O–H groups in total. The lowest BCUT2D eigenvalue weighted by atomic mass is 10.2. The molecule has 0 amide bonds. The van der Waals surface area contributed by atoms with Crippen LogP contribution in [0.25, 0.3) is 0 Å². The highest BCUT2D eigenvalue weighted by molar-refractivity contribution is 6.73. The van der Waals surface area contributed by atoms with Crippen molar-refractivity contribution in [2.45, 2.75) is 58.5 Å². The van der Waals surface area contributed by atoms with E-state index < -0.39 is 8.32 Å². The maximum atomic E-state index is 6.34. The standard InChI is InChI=1S/C16H28O2Si/c1-5-19(6-2,7-3)18-15(4)13-17-14-16-11-9-8-10-12-16/h8-12,15H,5-7,13-14H2,1-4H3. The van der Waals surface area contributed by atoms with E-state index in [-0.39, 0.29) is 6.10 Å². The molecular weight excluding hydrogens is 252 g/mol. The van der Waals surface area contributed by atoms with Gasteiger partial charge in [-0.3, -0.25) is 0 Å². The zero-order valence-corrected chi connectivity index (χ0v) is 13.8. The summed E-state index contributed by atoms with van der Waals surface area (Å²) < 4.78 is 12.1. The first-order valence-corrected chi connectivity index (χ1v) is 9.98. The van der Waals surface area contributed by atoms with Gasteiger partial charge in [0.1, 0.15) is 0 Å². The maximum Gasteiger partial charge on any atom is 0.192 e. The van der Waals surface area contributed by atoms with Crippen molar-refractivity contribution in [3.05, 3.63) is 35.9 Å². The molecule has 0 aliphatic carbocycles. The van der Waals surface area contributed by atoms with Crippen LogP contribution < -0.4 is 0 Å². The van der Waals surface area contributed by atoms with E-state index in [1.54, 1.807) is 0 Å². The van der Waals surface area contributed by atoms with Crippen molar-refractivity contribution in [2.24, 2.45) is 0 Å². The largest absolute Gasteiger partial charge is 0.412 e. The van der Waals surface area contributed by atoms with E-state index in [1.165, 1.54) is 23.7 Å². The van der Waals surface area contributed by atoms with E-state index in [9.17, 15) is 0 Å². The molecule has 2 nitrogen and oxygen atoms in total. The number of hydrogen-bond acceptors (Lipinski definition) is 2. The third kappa shape index (κ3) is 5.47. The molecule has 0 radical (unpaired) electrons. The molecule has 0 heterocycles. The summed E-state index contributed by atoms with van der Waals surface area (Å²) in [5, 5.41) is 0. The Kier molecular flexibility index (Phi) is 7.35.